The van der Waals surface area contributed by atoms with Crippen molar-refractivity contribution in [3.8, 4) is 0 Å². The van der Waals surface area contributed by atoms with Gasteiger partial charge in [0.2, 0.25) is 0 Å². The summed E-state index contributed by atoms with van der Waals surface area (Å²) in [6.45, 7) is 7.90. The van der Waals surface area contributed by atoms with Gasteiger partial charge in [0.1, 0.15) is 11.5 Å². The van der Waals surface area contributed by atoms with Crippen LogP contribution >= 0.6 is 0 Å². The molecule has 2 aliphatic rings. The van der Waals surface area contributed by atoms with E-state index in [1.54, 1.807) is 10.5 Å². The van der Waals surface area contributed by atoms with E-state index in [1.165, 1.54) is 11.3 Å². The molecular weight excluding hydrogens is 364 g/mol. The molecule has 0 saturated carbocycles. The molecule has 1 saturated heterocycles. The first-order valence-corrected chi connectivity index (χ1v) is 10.3. The molecule has 6 heteroatoms. The van der Waals surface area contributed by atoms with Crippen LogP contribution in [0.3, 0.4) is 0 Å². The molecule has 29 heavy (non-hydrogen) atoms. The summed E-state index contributed by atoms with van der Waals surface area (Å²) in [6.07, 6.45) is 2.94. The molecule has 0 radical (unpaired) electrons. The van der Waals surface area contributed by atoms with Gasteiger partial charge in [0.15, 0.2) is 0 Å². The number of hydrogen-bond donors (Lipinski definition) is 0. The number of ether oxygens (including phenoxy) is 1. The van der Waals surface area contributed by atoms with Gasteiger partial charge in [-0.15, -0.1) is 0 Å². The molecule has 0 N–H and O–H groups in total. The molecule has 0 spiro atoms. The predicted molar refractivity (Wildman–Crippen MR) is 115 cm³/mol. The Morgan fingerprint density at radius 3 is 2.79 bits per heavy atom. The summed E-state index contributed by atoms with van der Waals surface area (Å²) in [5.41, 5.74) is 5.54. The van der Waals surface area contributed by atoms with E-state index < -0.39 is 0 Å². The van der Waals surface area contributed by atoms with Crippen molar-refractivity contribution >= 4 is 17.2 Å². The van der Waals surface area contributed by atoms with Crippen molar-refractivity contribution in [1.29, 1.82) is 0 Å². The second-order valence-corrected chi connectivity index (χ2v) is 8.10. The second-order valence-electron chi connectivity index (χ2n) is 8.10. The van der Waals surface area contributed by atoms with Gasteiger partial charge in [0.05, 0.1) is 13.2 Å². The fourth-order valence-electron chi connectivity index (χ4n) is 4.54. The third-order valence-corrected chi connectivity index (χ3v) is 5.98. The largest absolute Gasteiger partial charge is 0.378 e. The highest BCUT2D eigenvalue weighted by Crippen LogP contribution is 2.33. The topological polar surface area (TPSA) is 50.1 Å². The minimum atomic E-state index is -0.0312. The van der Waals surface area contributed by atoms with Crippen LogP contribution in [-0.2, 0) is 17.7 Å². The normalized spacial score (nSPS) is 19.0. The molecule has 0 bridgehead atoms. The van der Waals surface area contributed by atoms with E-state index >= 15 is 0 Å². The Hall–Kier alpha value is -2.86. The van der Waals surface area contributed by atoms with E-state index in [0.717, 1.165) is 48.6 Å². The Balaban J connectivity index is 1.59. The summed E-state index contributed by atoms with van der Waals surface area (Å²) in [7, 11) is 0. The molecule has 1 atom stereocenters. The monoisotopic (exact) mass is 390 g/mol. The van der Waals surface area contributed by atoms with Crippen LogP contribution in [0.15, 0.2) is 47.4 Å². The number of rotatable bonds is 3. The van der Waals surface area contributed by atoms with Crippen molar-refractivity contribution in [2.75, 3.05) is 36.1 Å². The zero-order valence-electron chi connectivity index (χ0n) is 17.0. The van der Waals surface area contributed by atoms with Crippen LogP contribution in [0.2, 0.25) is 0 Å². The molecule has 5 rings (SSSR count). The van der Waals surface area contributed by atoms with E-state index in [1.807, 2.05) is 13.1 Å². The van der Waals surface area contributed by atoms with Crippen LogP contribution in [0.4, 0.5) is 11.5 Å². The SMILES string of the molecule is Cc1cc(CN2c3ccccc3CC2C)c2nc(N3CCOCC3)cc(=O)n2c1. The van der Waals surface area contributed by atoms with Crippen LogP contribution in [0.5, 0.6) is 0 Å². The molecule has 4 heterocycles. The highest BCUT2D eigenvalue weighted by Gasteiger charge is 2.26. The number of fused-ring (bicyclic) bond motifs is 2. The fraction of sp³-hybridized carbons (Fsp3) is 0.391. The van der Waals surface area contributed by atoms with Crippen molar-refractivity contribution < 1.29 is 4.74 Å². The Bertz CT molecular complexity index is 1120. The number of anilines is 2. The maximum Gasteiger partial charge on any atom is 0.259 e. The number of benzene rings is 1. The summed E-state index contributed by atoms with van der Waals surface area (Å²) < 4.78 is 7.15. The summed E-state index contributed by atoms with van der Waals surface area (Å²) in [4.78, 5) is 22.4. The lowest BCUT2D eigenvalue weighted by Crippen LogP contribution is -2.37. The average Bonchev–Trinajstić information content (AvgIpc) is 3.04. The lowest BCUT2D eigenvalue weighted by atomic mass is 10.1. The second kappa shape index (κ2) is 7.19. The maximum absolute atomic E-state index is 12.9. The van der Waals surface area contributed by atoms with Crippen molar-refractivity contribution in [3.05, 3.63) is 69.6 Å². The minimum Gasteiger partial charge on any atom is -0.378 e. The zero-order chi connectivity index (χ0) is 20.0. The zero-order valence-corrected chi connectivity index (χ0v) is 17.0. The standard InChI is InChI=1S/C23H26N4O2/c1-16-11-19(15-26-17(2)12-18-5-3-4-6-20(18)26)23-24-21(13-22(28)27(23)14-16)25-7-9-29-10-8-25/h3-6,11,13-14,17H,7-10,12,15H2,1-2H3. The third kappa shape index (κ3) is 3.27. The van der Waals surface area contributed by atoms with Gasteiger partial charge < -0.3 is 14.5 Å². The van der Waals surface area contributed by atoms with Crippen LogP contribution in [-0.4, -0.2) is 41.7 Å². The molecule has 2 aromatic heterocycles. The van der Waals surface area contributed by atoms with Gasteiger partial charge in [-0.25, -0.2) is 4.98 Å². The van der Waals surface area contributed by atoms with E-state index in [-0.39, 0.29) is 5.56 Å². The third-order valence-electron chi connectivity index (χ3n) is 5.98. The number of nitrogens with zero attached hydrogens (tertiary/aromatic N) is 4. The molecular formula is C23H26N4O2. The first-order valence-electron chi connectivity index (χ1n) is 10.3. The summed E-state index contributed by atoms with van der Waals surface area (Å²) >= 11 is 0. The van der Waals surface area contributed by atoms with Gasteiger partial charge in [0.25, 0.3) is 5.56 Å². The van der Waals surface area contributed by atoms with Crippen molar-refractivity contribution in [2.24, 2.45) is 0 Å². The molecule has 0 aliphatic carbocycles. The molecule has 1 aromatic carbocycles. The van der Waals surface area contributed by atoms with E-state index in [2.05, 4.69) is 47.1 Å². The van der Waals surface area contributed by atoms with Crippen LogP contribution in [0, 0.1) is 6.92 Å². The van der Waals surface area contributed by atoms with Gasteiger partial charge >= 0.3 is 0 Å². The van der Waals surface area contributed by atoms with E-state index in [0.29, 0.717) is 19.3 Å². The smallest absolute Gasteiger partial charge is 0.259 e. The Kier molecular flexibility index (Phi) is 4.51. The molecule has 1 fully saturated rings. The lowest BCUT2D eigenvalue weighted by Gasteiger charge is -2.28. The lowest BCUT2D eigenvalue weighted by molar-refractivity contribution is 0.122. The molecule has 6 nitrogen and oxygen atoms in total. The van der Waals surface area contributed by atoms with Gasteiger partial charge in [-0.2, -0.15) is 0 Å². The molecule has 3 aromatic rings. The molecule has 2 aliphatic heterocycles. The van der Waals surface area contributed by atoms with Crippen molar-refractivity contribution in [3.63, 3.8) is 0 Å². The first-order chi connectivity index (χ1) is 14.1. The van der Waals surface area contributed by atoms with Crippen molar-refractivity contribution in [1.82, 2.24) is 9.38 Å². The van der Waals surface area contributed by atoms with Crippen molar-refractivity contribution in [2.45, 2.75) is 32.9 Å². The minimum absolute atomic E-state index is 0.0312. The number of morpholine rings is 1. The fourth-order valence-corrected chi connectivity index (χ4v) is 4.54. The number of pyridine rings is 1. The highest BCUT2D eigenvalue weighted by atomic mass is 16.5. The average molecular weight is 390 g/mol. The number of para-hydroxylation sites is 1. The first kappa shape index (κ1) is 18.2. The summed E-state index contributed by atoms with van der Waals surface area (Å²) in [5, 5.41) is 0. The molecule has 1 unspecified atom stereocenters. The van der Waals surface area contributed by atoms with Crippen LogP contribution in [0.25, 0.3) is 5.65 Å². The van der Waals surface area contributed by atoms with Gasteiger partial charge in [-0.05, 0) is 43.5 Å². The van der Waals surface area contributed by atoms with Crippen LogP contribution < -0.4 is 15.4 Å². The summed E-state index contributed by atoms with van der Waals surface area (Å²) in [6, 6.07) is 12.8. The van der Waals surface area contributed by atoms with Gasteiger partial charge in [-0.3, -0.25) is 9.20 Å². The van der Waals surface area contributed by atoms with Crippen LogP contribution in [0.1, 0.15) is 23.6 Å². The molecule has 150 valence electrons. The van der Waals surface area contributed by atoms with Gasteiger partial charge in [0, 0.05) is 49.2 Å². The number of hydrogen-bond acceptors (Lipinski definition) is 5. The maximum atomic E-state index is 12.9. The Labute approximate surface area is 170 Å². The van der Waals surface area contributed by atoms with Gasteiger partial charge in [-0.1, -0.05) is 18.2 Å². The highest BCUT2D eigenvalue weighted by molar-refractivity contribution is 5.62. The number of aromatic nitrogens is 2. The quantitative estimate of drug-likeness (QED) is 0.688. The molecule has 0 amide bonds. The Morgan fingerprint density at radius 1 is 1.17 bits per heavy atom. The summed E-state index contributed by atoms with van der Waals surface area (Å²) in [5.74, 6) is 0.748. The number of aryl methyl sites for hydroxylation is 1. The van der Waals surface area contributed by atoms with E-state index in [4.69, 9.17) is 9.72 Å². The van der Waals surface area contributed by atoms with E-state index in [9.17, 15) is 4.79 Å². The Morgan fingerprint density at radius 2 is 1.97 bits per heavy atom. The predicted octanol–water partition coefficient (Wildman–Crippen LogP) is 2.79.